The molecule has 2 N–H and O–H groups in total. The largest absolute Gasteiger partial charge is 0.382 e. The monoisotopic (exact) mass is 454 g/mol. The van der Waals surface area contributed by atoms with Crippen LogP contribution in [0.1, 0.15) is 36.8 Å². The number of benzene rings is 1. The molecule has 0 spiro atoms. The summed E-state index contributed by atoms with van der Waals surface area (Å²) in [5.74, 6) is 1.37. The molecule has 2 aromatic heterocycles. The van der Waals surface area contributed by atoms with Crippen molar-refractivity contribution in [3.05, 3.63) is 45.3 Å². The molecule has 29 heavy (non-hydrogen) atoms. The fourth-order valence-corrected chi connectivity index (χ4v) is 5.65. The molecule has 0 amide bonds. The summed E-state index contributed by atoms with van der Waals surface area (Å²) in [6.07, 6.45) is 1.94. The Morgan fingerprint density at radius 1 is 1.14 bits per heavy atom. The Morgan fingerprint density at radius 3 is 2.52 bits per heavy atom. The molecule has 0 aliphatic heterocycles. The van der Waals surface area contributed by atoms with Gasteiger partial charge in [-0.3, -0.25) is 0 Å². The zero-order valence-electron chi connectivity index (χ0n) is 16.7. The summed E-state index contributed by atoms with van der Waals surface area (Å²) in [5, 5.41) is 0.563. The van der Waals surface area contributed by atoms with Crippen molar-refractivity contribution in [3.8, 4) is 0 Å². The van der Waals surface area contributed by atoms with Crippen molar-refractivity contribution in [2.45, 2.75) is 51.5 Å². The maximum atomic E-state index is 12.6. The smallest absolute Gasteiger partial charge is 0.179 e. The third kappa shape index (κ3) is 4.37. The Labute approximate surface area is 181 Å². The highest BCUT2D eigenvalue weighted by molar-refractivity contribution is 7.91. The second-order valence-electron chi connectivity index (χ2n) is 7.04. The SMILES string of the molecule is CCc1nc2c(N)nc(C)c(C)c2n1CCCCS(=O)(=O)c1ccc(Cl)cc1Cl. The van der Waals surface area contributed by atoms with E-state index < -0.39 is 9.84 Å². The minimum atomic E-state index is -3.47. The summed E-state index contributed by atoms with van der Waals surface area (Å²) in [6, 6.07) is 4.44. The van der Waals surface area contributed by atoms with Gasteiger partial charge in [-0.05, 0) is 50.5 Å². The van der Waals surface area contributed by atoms with Crippen molar-refractivity contribution in [3.63, 3.8) is 0 Å². The number of anilines is 1. The van der Waals surface area contributed by atoms with Crippen molar-refractivity contribution in [1.82, 2.24) is 14.5 Å². The number of hydrogen-bond donors (Lipinski definition) is 1. The van der Waals surface area contributed by atoms with Gasteiger partial charge < -0.3 is 10.3 Å². The topological polar surface area (TPSA) is 90.9 Å². The number of unbranched alkanes of at least 4 members (excludes halogenated alkanes) is 1. The van der Waals surface area contributed by atoms with Gasteiger partial charge in [-0.2, -0.15) is 0 Å². The summed E-state index contributed by atoms with van der Waals surface area (Å²) in [4.78, 5) is 9.14. The highest BCUT2D eigenvalue weighted by atomic mass is 35.5. The van der Waals surface area contributed by atoms with Crippen molar-refractivity contribution in [1.29, 1.82) is 0 Å². The van der Waals surface area contributed by atoms with E-state index >= 15 is 0 Å². The number of fused-ring (bicyclic) bond motifs is 1. The number of nitrogen functional groups attached to an aromatic ring is 1. The second-order valence-corrected chi connectivity index (χ2v) is 9.96. The van der Waals surface area contributed by atoms with E-state index in [1.807, 2.05) is 20.8 Å². The molecule has 1 aromatic carbocycles. The highest BCUT2D eigenvalue weighted by Gasteiger charge is 2.19. The molecular formula is C20H24Cl2N4O2S. The molecule has 6 nitrogen and oxygen atoms in total. The Bertz CT molecular complexity index is 1170. The van der Waals surface area contributed by atoms with Crippen molar-refractivity contribution in [2.24, 2.45) is 0 Å². The van der Waals surface area contributed by atoms with Gasteiger partial charge in [-0.15, -0.1) is 0 Å². The molecule has 0 saturated heterocycles. The number of aryl methyl sites for hydroxylation is 4. The van der Waals surface area contributed by atoms with Crippen LogP contribution in [-0.2, 0) is 22.8 Å². The van der Waals surface area contributed by atoms with E-state index in [1.54, 1.807) is 0 Å². The third-order valence-electron chi connectivity index (χ3n) is 5.07. The van der Waals surface area contributed by atoms with Crippen LogP contribution >= 0.6 is 23.2 Å². The fourth-order valence-electron chi connectivity index (χ4n) is 3.46. The van der Waals surface area contributed by atoms with Gasteiger partial charge in [-0.1, -0.05) is 30.1 Å². The molecule has 9 heteroatoms. The molecule has 0 aliphatic rings. The molecule has 3 aromatic rings. The van der Waals surface area contributed by atoms with Crippen LogP contribution in [0.3, 0.4) is 0 Å². The average molecular weight is 455 g/mol. The molecule has 0 aliphatic carbocycles. The van der Waals surface area contributed by atoms with Crippen molar-refractivity contribution < 1.29 is 8.42 Å². The maximum absolute atomic E-state index is 12.6. The van der Waals surface area contributed by atoms with Gasteiger partial charge in [0.25, 0.3) is 0 Å². The summed E-state index contributed by atoms with van der Waals surface area (Å²) in [6.45, 7) is 6.63. The van der Waals surface area contributed by atoms with Crippen LogP contribution < -0.4 is 5.73 Å². The van der Waals surface area contributed by atoms with Crippen LogP contribution in [0, 0.1) is 13.8 Å². The molecular weight excluding hydrogens is 431 g/mol. The van der Waals surface area contributed by atoms with Gasteiger partial charge >= 0.3 is 0 Å². The van der Waals surface area contributed by atoms with Gasteiger partial charge in [0.1, 0.15) is 11.3 Å². The van der Waals surface area contributed by atoms with Gasteiger partial charge in [-0.25, -0.2) is 18.4 Å². The summed E-state index contributed by atoms with van der Waals surface area (Å²) >= 11 is 11.9. The zero-order chi connectivity index (χ0) is 21.3. The van der Waals surface area contributed by atoms with Crippen molar-refractivity contribution >= 4 is 49.9 Å². The number of aromatic nitrogens is 3. The number of rotatable bonds is 7. The highest BCUT2D eigenvalue weighted by Crippen LogP contribution is 2.28. The molecule has 0 unspecified atom stereocenters. The molecule has 2 heterocycles. The lowest BCUT2D eigenvalue weighted by Gasteiger charge is -2.12. The van der Waals surface area contributed by atoms with Gasteiger partial charge in [0.2, 0.25) is 0 Å². The van der Waals surface area contributed by atoms with Crippen molar-refractivity contribution in [2.75, 3.05) is 11.5 Å². The lowest BCUT2D eigenvalue weighted by atomic mass is 10.2. The first-order chi connectivity index (χ1) is 13.7. The van der Waals surface area contributed by atoms with Crippen LogP contribution in [0.25, 0.3) is 11.0 Å². The number of hydrogen-bond acceptors (Lipinski definition) is 5. The summed E-state index contributed by atoms with van der Waals surface area (Å²) < 4.78 is 27.4. The number of nitrogens with zero attached hydrogens (tertiary/aromatic N) is 3. The van der Waals surface area contributed by atoms with E-state index in [4.69, 9.17) is 28.9 Å². The summed E-state index contributed by atoms with van der Waals surface area (Å²) in [5.41, 5.74) is 9.69. The van der Waals surface area contributed by atoms with E-state index in [0.29, 0.717) is 35.7 Å². The van der Waals surface area contributed by atoms with Crippen LogP contribution in [0.4, 0.5) is 5.82 Å². The van der Waals surface area contributed by atoms with Gasteiger partial charge in [0.05, 0.1) is 21.2 Å². The molecule has 0 fully saturated rings. The average Bonchev–Trinajstić information content (AvgIpc) is 3.02. The molecule has 0 atom stereocenters. The van der Waals surface area contributed by atoms with Gasteiger partial charge in [0, 0.05) is 23.7 Å². The van der Waals surface area contributed by atoms with E-state index in [-0.39, 0.29) is 15.7 Å². The van der Waals surface area contributed by atoms with Crippen LogP contribution in [-0.4, -0.2) is 28.7 Å². The molecule has 0 radical (unpaired) electrons. The first kappa shape index (κ1) is 21.9. The maximum Gasteiger partial charge on any atom is 0.179 e. The van der Waals surface area contributed by atoms with E-state index in [9.17, 15) is 8.42 Å². The first-order valence-corrected chi connectivity index (χ1v) is 11.9. The molecule has 0 bridgehead atoms. The Hall–Kier alpha value is -1.83. The third-order valence-corrected chi connectivity index (χ3v) is 7.58. The number of nitrogens with two attached hydrogens (primary N) is 1. The number of pyridine rings is 1. The van der Waals surface area contributed by atoms with E-state index in [2.05, 4.69) is 14.5 Å². The normalized spacial score (nSPS) is 12.0. The van der Waals surface area contributed by atoms with Crippen LogP contribution in [0.15, 0.2) is 23.1 Å². The molecule has 156 valence electrons. The molecule has 0 saturated carbocycles. The molecule has 3 rings (SSSR count). The minimum Gasteiger partial charge on any atom is -0.382 e. The fraction of sp³-hybridized carbons (Fsp3) is 0.400. The van der Waals surface area contributed by atoms with E-state index in [0.717, 1.165) is 29.0 Å². The Balaban J connectivity index is 1.78. The first-order valence-electron chi connectivity index (χ1n) is 9.45. The second kappa shape index (κ2) is 8.50. The zero-order valence-corrected chi connectivity index (χ0v) is 19.0. The quantitative estimate of drug-likeness (QED) is 0.519. The minimum absolute atomic E-state index is 0.0180. The number of halogens is 2. The standard InChI is InChI=1S/C20H24Cl2N4O2S/c1-4-17-25-18-19(12(2)13(3)24-20(18)23)26(17)9-5-6-10-29(27,28)16-8-7-14(21)11-15(16)22/h7-8,11H,4-6,9-10H2,1-3H3,(H2,23,24). The Morgan fingerprint density at radius 2 is 1.86 bits per heavy atom. The summed E-state index contributed by atoms with van der Waals surface area (Å²) in [7, 11) is -3.47. The van der Waals surface area contributed by atoms with Crippen LogP contribution in [0.2, 0.25) is 10.0 Å². The van der Waals surface area contributed by atoms with E-state index in [1.165, 1.54) is 18.2 Å². The lowest BCUT2D eigenvalue weighted by Crippen LogP contribution is -2.10. The lowest BCUT2D eigenvalue weighted by molar-refractivity contribution is 0.581. The number of sulfone groups is 1. The van der Waals surface area contributed by atoms with Crippen LogP contribution in [0.5, 0.6) is 0 Å². The Kier molecular flexibility index (Phi) is 6.41. The number of imidazole rings is 1. The van der Waals surface area contributed by atoms with Gasteiger partial charge in [0.15, 0.2) is 15.7 Å². The predicted octanol–water partition coefficient (Wildman–Crippen LogP) is 4.75. The predicted molar refractivity (Wildman–Crippen MR) is 119 cm³/mol.